The van der Waals surface area contributed by atoms with Gasteiger partial charge in [-0.2, -0.15) is 5.10 Å². The molecule has 0 bridgehead atoms. The summed E-state index contributed by atoms with van der Waals surface area (Å²) in [6.45, 7) is 1.52. The van der Waals surface area contributed by atoms with Crippen LogP contribution in [0.4, 0.5) is 5.82 Å². The number of aromatic nitrogens is 3. The SMILES string of the molecule is COCCN(C)c1ccc(-c2ccnn2C)cn1. The molecular formula is C13H18N4O. The fourth-order valence-electron chi connectivity index (χ4n) is 1.76. The molecule has 0 fully saturated rings. The van der Waals surface area contributed by atoms with Crippen LogP contribution in [0.3, 0.4) is 0 Å². The van der Waals surface area contributed by atoms with E-state index in [4.69, 9.17) is 4.74 Å². The van der Waals surface area contributed by atoms with Gasteiger partial charge in [0.2, 0.25) is 0 Å². The first-order valence-electron chi connectivity index (χ1n) is 5.87. The fraction of sp³-hybridized carbons (Fsp3) is 0.385. The molecular weight excluding hydrogens is 228 g/mol. The lowest BCUT2D eigenvalue weighted by molar-refractivity contribution is 0.206. The highest BCUT2D eigenvalue weighted by atomic mass is 16.5. The maximum atomic E-state index is 5.05. The fourth-order valence-corrected chi connectivity index (χ4v) is 1.76. The molecule has 2 aromatic heterocycles. The van der Waals surface area contributed by atoms with Gasteiger partial charge in [-0.3, -0.25) is 4.68 Å². The van der Waals surface area contributed by atoms with E-state index < -0.39 is 0 Å². The first-order valence-corrected chi connectivity index (χ1v) is 5.87. The quantitative estimate of drug-likeness (QED) is 0.803. The Hall–Kier alpha value is -1.88. The number of nitrogens with zero attached hydrogens (tertiary/aromatic N) is 4. The molecule has 2 rings (SSSR count). The lowest BCUT2D eigenvalue weighted by atomic mass is 10.2. The number of pyridine rings is 1. The first kappa shape index (κ1) is 12.6. The van der Waals surface area contributed by atoms with Crippen molar-refractivity contribution in [3.8, 4) is 11.3 Å². The van der Waals surface area contributed by atoms with Crippen molar-refractivity contribution < 1.29 is 4.74 Å². The average Bonchev–Trinajstić information content (AvgIpc) is 2.82. The molecule has 0 aliphatic heterocycles. The molecule has 96 valence electrons. The van der Waals surface area contributed by atoms with Crippen molar-refractivity contribution >= 4 is 5.82 Å². The number of ether oxygens (including phenoxy) is 1. The van der Waals surface area contributed by atoms with Crippen LogP contribution >= 0.6 is 0 Å². The molecule has 0 aliphatic rings. The lowest BCUT2D eigenvalue weighted by Crippen LogP contribution is -2.22. The normalized spacial score (nSPS) is 10.6. The summed E-state index contributed by atoms with van der Waals surface area (Å²) in [4.78, 5) is 6.52. The number of methoxy groups -OCH3 is 1. The van der Waals surface area contributed by atoms with Gasteiger partial charge in [0.1, 0.15) is 5.82 Å². The second kappa shape index (κ2) is 5.64. The molecule has 2 heterocycles. The van der Waals surface area contributed by atoms with Crippen LogP contribution in [0.5, 0.6) is 0 Å². The van der Waals surface area contributed by atoms with E-state index in [2.05, 4.69) is 21.0 Å². The third kappa shape index (κ3) is 2.68. The highest BCUT2D eigenvalue weighted by Gasteiger charge is 2.05. The van der Waals surface area contributed by atoms with Crippen LogP contribution in [-0.4, -0.2) is 42.1 Å². The summed E-state index contributed by atoms with van der Waals surface area (Å²) in [6.07, 6.45) is 3.66. The topological polar surface area (TPSA) is 43.2 Å². The van der Waals surface area contributed by atoms with Crippen LogP contribution in [0.25, 0.3) is 11.3 Å². The molecule has 0 amide bonds. The van der Waals surface area contributed by atoms with Gasteiger partial charge in [-0.1, -0.05) is 0 Å². The summed E-state index contributed by atoms with van der Waals surface area (Å²) in [6, 6.07) is 6.05. The third-order valence-corrected chi connectivity index (χ3v) is 2.89. The average molecular weight is 246 g/mol. The molecule has 0 saturated heterocycles. The maximum absolute atomic E-state index is 5.05. The van der Waals surface area contributed by atoms with Gasteiger partial charge in [-0.15, -0.1) is 0 Å². The predicted molar refractivity (Wildman–Crippen MR) is 71.6 cm³/mol. The second-order valence-corrected chi connectivity index (χ2v) is 4.16. The maximum Gasteiger partial charge on any atom is 0.128 e. The highest BCUT2D eigenvalue weighted by molar-refractivity contribution is 5.59. The Kier molecular flexibility index (Phi) is 3.94. The van der Waals surface area contributed by atoms with E-state index >= 15 is 0 Å². The van der Waals surface area contributed by atoms with Gasteiger partial charge in [0.25, 0.3) is 0 Å². The minimum absolute atomic E-state index is 0.696. The standard InChI is InChI=1S/C13H18N4O/c1-16(8-9-18-3)13-5-4-11(10-14-13)12-6-7-15-17(12)2/h4-7,10H,8-9H2,1-3H3. The minimum atomic E-state index is 0.696. The van der Waals surface area contributed by atoms with E-state index in [1.165, 1.54) is 0 Å². The van der Waals surface area contributed by atoms with Crippen LogP contribution in [0.2, 0.25) is 0 Å². The zero-order valence-corrected chi connectivity index (χ0v) is 11.0. The molecule has 0 N–H and O–H groups in total. The number of hydrogen-bond donors (Lipinski definition) is 0. The van der Waals surface area contributed by atoms with E-state index in [1.807, 2.05) is 37.1 Å². The highest BCUT2D eigenvalue weighted by Crippen LogP contribution is 2.19. The van der Waals surface area contributed by atoms with Crippen molar-refractivity contribution in [3.05, 3.63) is 30.6 Å². The molecule has 0 unspecified atom stereocenters. The van der Waals surface area contributed by atoms with E-state index in [-0.39, 0.29) is 0 Å². The van der Waals surface area contributed by atoms with Gasteiger partial charge in [0.05, 0.1) is 12.3 Å². The Morgan fingerprint density at radius 3 is 2.72 bits per heavy atom. The van der Waals surface area contributed by atoms with Crippen LogP contribution in [0.15, 0.2) is 30.6 Å². The summed E-state index contributed by atoms with van der Waals surface area (Å²) in [5, 5.41) is 4.15. The van der Waals surface area contributed by atoms with Gasteiger partial charge >= 0.3 is 0 Å². The van der Waals surface area contributed by atoms with Crippen LogP contribution in [-0.2, 0) is 11.8 Å². The van der Waals surface area contributed by atoms with Crippen molar-refractivity contribution in [1.82, 2.24) is 14.8 Å². The van der Waals surface area contributed by atoms with Crippen LogP contribution in [0.1, 0.15) is 0 Å². The zero-order chi connectivity index (χ0) is 13.0. The molecule has 0 aliphatic carbocycles. The first-order chi connectivity index (χ1) is 8.72. The molecule has 18 heavy (non-hydrogen) atoms. The summed E-state index contributed by atoms with van der Waals surface area (Å²) in [5.41, 5.74) is 2.13. The molecule has 0 radical (unpaired) electrons. The van der Waals surface area contributed by atoms with Gasteiger partial charge in [-0.05, 0) is 18.2 Å². The molecule has 0 spiro atoms. The largest absolute Gasteiger partial charge is 0.383 e. The molecule has 2 aromatic rings. The van der Waals surface area contributed by atoms with Crippen molar-refractivity contribution in [1.29, 1.82) is 0 Å². The molecule has 5 heteroatoms. The van der Waals surface area contributed by atoms with E-state index in [0.29, 0.717) is 6.61 Å². The predicted octanol–water partition coefficient (Wildman–Crippen LogP) is 1.56. The Morgan fingerprint density at radius 2 is 2.17 bits per heavy atom. The number of hydrogen-bond acceptors (Lipinski definition) is 4. The number of aryl methyl sites for hydroxylation is 1. The monoisotopic (exact) mass is 246 g/mol. The van der Waals surface area contributed by atoms with Gasteiger partial charge < -0.3 is 9.64 Å². The van der Waals surface area contributed by atoms with Gasteiger partial charge in [0.15, 0.2) is 0 Å². The van der Waals surface area contributed by atoms with E-state index in [9.17, 15) is 0 Å². The van der Waals surface area contributed by atoms with Crippen LogP contribution in [0, 0.1) is 0 Å². The third-order valence-electron chi connectivity index (χ3n) is 2.89. The van der Waals surface area contributed by atoms with E-state index in [0.717, 1.165) is 23.6 Å². The summed E-state index contributed by atoms with van der Waals surface area (Å²) in [7, 11) is 5.63. The second-order valence-electron chi connectivity index (χ2n) is 4.16. The zero-order valence-electron chi connectivity index (χ0n) is 11.0. The van der Waals surface area contributed by atoms with Gasteiger partial charge in [-0.25, -0.2) is 4.98 Å². The van der Waals surface area contributed by atoms with Crippen molar-refractivity contribution in [2.45, 2.75) is 0 Å². The molecule has 0 atom stereocenters. The Labute approximate surface area is 107 Å². The lowest BCUT2D eigenvalue weighted by Gasteiger charge is -2.17. The summed E-state index contributed by atoms with van der Waals surface area (Å²) >= 11 is 0. The van der Waals surface area contributed by atoms with E-state index in [1.54, 1.807) is 13.3 Å². The minimum Gasteiger partial charge on any atom is -0.383 e. The Morgan fingerprint density at radius 1 is 1.33 bits per heavy atom. The number of rotatable bonds is 5. The summed E-state index contributed by atoms with van der Waals surface area (Å²) in [5.74, 6) is 0.943. The molecule has 0 saturated carbocycles. The van der Waals surface area contributed by atoms with Gasteiger partial charge in [0, 0.05) is 45.7 Å². The van der Waals surface area contributed by atoms with Crippen LogP contribution < -0.4 is 4.90 Å². The molecule has 5 nitrogen and oxygen atoms in total. The summed E-state index contributed by atoms with van der Waals surface area (Å²) < 4.78 is 6.89. The Bertz CT molecular complexity index is 492. The van der Waals surface area contributed by atoms with Crippen molar-refractivity contribution in [2.24, 2.45) is 7.05 Å². The molecule has 0 aromatic carbocycles. The Balaban J connectivity index is 2.13. The number of anilines is 1. The smallest absolute Gasteiger partial charge is 0.128 e. The van der Waals surface area contributed by atoms with Crippen molar-refractivity contribution in [3.63, 3.8) is 0 Å². The van der Waals surface area contributed by atoms with Crippen molar-refractivity contribution in [2.75, 3.05) is 32.2 Å². The number of likely N-dealkylation sites (N-methyl/N-ethyl adjacent to an activating group) is 1.